The summed E-state index contributed by atoms with van der Waals surface area (Å²) in [4.78, 5) is 22.5. The second-order valence-corrected chi connectivity index (χ2v) is 6.58. The number of rotatable bonds is 16. The van der Waals surface area contributed by atoms with Gasteiger partial charge in [-0.15, -0.1) is 6.58 Å². The Labute approximate surface area is 169 Å². The molecule has 0 aromatic heterocycles. The van der Waals surface area contributed by atoms with E-state index in [4.69, 9.17) is 5.11 Å². The Morgan fingerprint density at radius 2 is 1.38 bits per heavy atom. The number of unbranched alkanes of at least 4 members (excludes halogenated alkanes) is 9. The summed E-state index contributed by atoms with van der Waals surface area (Å²) in [6.45, 7) is 5.79. The van der Waals surface area contributed by atoms with Crippen molar-refractivity contribution >= 4 is 41.5 Å². The van der Waals surface area contributed by atoms with Crippen molar-refractivity contribution in [2.75, 3.05) is 0 Å². The molecule has 0 saturated carbocycles. The maximum atomic E-state index is 11.5. The molecule has 0 saturated heterocycles. The van der Waals surface area contributed by atoms with Gasteiger partial charge in [-0.25, -0.2) is 0 Å². The molecule has 0 fully saturated rings. The van der Waals surface area contributed by atoms with Crippen molar-refractivity contribution in [3.05, 3.63) is 12.7 Å². The summed E-state index contributed by atoms with van der Waals surface area (Å²) in [7, 11) is 0. The number of carboxylic acid groups (broad SMARTS) is 2. The van der Waals surface area contributed by atoms with E-state index in [0.29, 0.717) is 6.42 Å². The minimum absolute atomic E-state index is 0. The quantitative estimate of drug-likeness (QED) is 0.239. The van der Waals surface area contributed by atoms with Gasteiger partial charge in [0.1, 0.15) is 0 Å². The molecule has 2 N–H and O–H groups in total. The van der Waals surface area contributed by atoms with Crippen molar-refractivity contribution in [3.63, 3.8) is 0 Å². The monoisotopic (exact) mass is 350 g/mol. The van der Waals surface area contributed by atoms with Crippen LogP contribution in [-0.2, 0) is 9.59 Å². The van der Waals surface area contributed by atoms with Crippen molar-refractivity contribution < 1.29 is 19.8 Å². The average Bonchev–Trinajstić information content (AvgIpc) is 2.48. The predicted molar refractivity (Wildman–Crippen MR) is 101 cm³/mol. The fourth-order valence-corrected chi connectivity index (χ4v) is 3.05. The molecule has 0 bridgehead atoms. The van der Waals surface area contributed by atoms with Crippen LogP contribution >= 0.6 is 0 Å². The number of allylic oxidation sites excluding steroid dienone is 1. The number of aliphatic carboxylic acids is 2. The Balaban J connectivity index is 0. The summed E-state index contributed by atoms with van der Waals surface area (Å²) < 4.78 is 0. The standard InChI is InChI=1S/C19H34O4.Na.H/c1-3-5-6-7-8-9-10-11-12-13-15-19(14-4-2,18(22)23)16-17(20)21;;/h4H,2-3,5-16H2,1H3,(H,20,21)(H,22,23);;. The zero-order chi connectivity index (χ0) is 17.6. The van der Waals surface area contributed by atoms with E-state index in [-0.39, 0.29) is 42.4 Å². The second-order valence-electron chi connectivity index (χ2n) is 6.58. The van der Waals surface area contributed by atoms with E-state index >= 15 is 0 Å². The summed E-state index contributed by atoms with van der Waals surface area (Å²) in [5.41, 5.74) is -1.19. The van der Waals surface area contributed by atoms with Crippen LogP contribution in [-0.4, -0.2) is 51.7 Å². The van der Waals surface area contributed by atoms with Gasteiger partial charge in [-0.2, -0.15) is 0 Å². The van der Waals surface area contributed by atoms with Crippen LogP contribution in [0.15, 0.2) is 12.7 Å². The molecule has 136 valence electrons. The van der Waals surface area contributed by atoms with Gasteiger partial charge in [0.2, 0.25) is 0 Å². The van der Waals surface area contributed by atoms with Crippen molar-refractivity contribution in [2.45, 2.75) is 90.4 Å². The number of hydrogen-bond donors (Lipinski definition) is 2. The molecule has 0 aromatic rings. The fraction of sp³-hybridized carbons (Fsp3) is 0.789. The molecule has 0 aliphatic rings. The van der Waals surface area contributed by atoms with Gasteiger partial charge in [0.05, 0.1) is 11.8 Å². The van der Waals surface area contributed by atoms with Crippen LogP contribution in [0.2, 0.25) is 0 Å². The van der Waals surface area contributed by atoms with Crippen LogP contribution < -0.4 is 0 Å². The van der Waals surface area contributed by atoms with Crippen LogP contribution in [0.4, 0.5) is 0 Å². The van der Waals surface area contributed by atoms with E-state index in [2.05, 4.69) is 13.5 Å². The van der Waals surface area contributed by atoms with Crippen molar-refractivity contribution in [2.24, 2.45) is 5.41 Å². The molecule has 5 heteroatoms. The molecule has 1 atom stereocenters. The first-order chi connectivity index (χ1) is 11.0. The Morgan fingerprint density at radius 1 is 0.917 bits per heavy atom. The molecule has 0 aliphatic carbocycles. The SMILES string of the molecule is C=CCC(CCCCCCCCCCCC)(CC(=O)O)C(=O)O.[NaH]. The molecule has 24 heavy (non-hydrogen) atoms. The van der Waals surface area contributed by atoms with E-state index in [1.165, 1.54) is 51.0 Å². The molecule has 0 radical (unpaired) electrons. The van der Waals surface area contributed by atoms with E-state index in [0.717, 1.165) is 19.3 Å². The molecule has 0 aromatic carbocycles. The van der Waals surface area contributed by atoms with Crippen LogP contribution in [0, 0.1) is 5.41 Å². The molecule has 0 spiro atoms. The summed E-state index contributed by atoms with van der Waals surface area (Å²) in [6.07, 6.45) is 13.6. The van der Waals surface area contributed by atoms with E-state index in [1.807, 2.05) is 0 Å². The third kappa shape index (κ3) is 12.1. The Kier molecular flexibility index (Phi) is 17.5. The first-order valence-electron chi connectivity index (χ1n) is 9.04. The third-order valence-electron chi connectivity index (χ3n) is 4.49. The first kappa shape index (κ1) is 25.9. The normalized spacial score (nSPS) is 12.9. The third-order valence-corrected chi connectivity index (χ3v) is 4.49. The van der Waals surface area contributed by atoms with Gasteiger partial charge in [0.15, 0.2) is 0 Å². The van der Waals surface area contributed by atoms with Gasteiger partial charge in [-0.1, -0.05) is 77.2 Å². The van der Waals surface area contributed by atoms with E-state index in [1.54, 1.807) is 0 Å². The minimum atomic E-state index is -1.19. The number of hydrogen-bond acceptors (Lipinski definition) is 2. The zero-order valence-corrected chi connectivity index (χ0v) is 14.7. The van der Waals surface area contributed by atoms with Crippen molar-refractivity contribution in [3.8, 4) is 0 Å². The second kappa shape index (κ2) is 16.2. The first-order valence-corrected chi connectivity index (χ1v) is 9.04. The molecule has 0 amide bonds. The topological polar surface area (TPSA) is 74.6 Å². The summed E-state index contributed by atoms with van der Waals surface area (Å²) in [5.74, 6) is -2.07. The van der Waals surface area contributed by atoms with Crippen LogP contribution in [0.25, 0.3) is 0 Å². The Bertz CT molecular complexity index is 357. The van der Waals surface area contributed by atoms with Gasteiger partial charge >= 0.3 is 41.5 Å². The van der Waals surface area contributed by atoms with Gasteiger partial charge < -0.3 is 10.2 Å². The summed E-state index contributed by atoms with van der Waals surface area (Å²) >= 11 is 0. The van der Waals surface area contributed by atoms with E-state index < -0.39 is 17.4 Å². The van der Waals surface area contributed by atoms with Crippen LogP contribution in [0.5, 0.6) is 0 Å². The number of carbonyl (C=O) groups is 2. The van der Waals surface area contributed by atoms with Gasteiger partial charge in [-0.05, 0) is 12.8 Å². The van der Waals surface area contributed by atoms with Gasteiger partial charge in [0.25, 0.3) is 0 Å². The Hall–Kier alpha value is -0.320. The van der Waals surface area contributed by atoms with Crippen molar-refractivity contribution in [1.82, 2.24) is 0 Å². The zero-order valence-electron chi connectivity index (χ0n) is 14.7. The predicted octanol–water partition coefficient (Wildman–Crippen LogP) is 4.77. The molecular formula is C19H35NaO4. The Morgan fingerprint density at radius 3 is 1.75 bits per heavy atom. The van der Waals surface area contributed by atoms with Gasteiger partial charge in [-0.3, -0.25) is 9.59 Å². The van der Waals surface area contributed by atoms with Crippen LogP contribution in [0.3, 0.4) is 0 Å². The fourth-order valence-electron chi connectivity index (χ4n) is 3.05. The van der Waals surface area contributed by atoms with Crippen molar-refractivity contribution in [1.29, 1.82) is 0 Å². The average molecular weight is 350 g/mol. The molecule has 0 rings (SSSR count). The molecule has 1 unspecified atom stereocenters. The van der Waals surface area contributed by atoms with Gasteiger partial charge in [0, 0.05) is 0 Å². The maximum absolute atomic E-state index is 11.5. The van der Waals surface area contributed by atoms with Crippen LogP contribution in [0.1, 0.15) is 90.4 Å². The summed E-state index contributed by atoms with van der Waals surface area (Å²) in [5, 5.41) is 18.4. The molecule has 0 aliphatic heterocycles. The molecular weight excluding hydrogens is 315 g/mol. The number of carboxylic acids is 2. The van der Waals surface area contributed by atoms with E-state index in [9.17, 15) is 14.7 Å². The molecule has 0 heterocycles. The molecule has 4 nitrogen and oxygen atoms in total. The summed E-state index contributed by atoms with van der Waals surface area (Å²) in [6, 6.07) is 0.